The lowest BCUT2D eigenvalue weighted by molar-refractivity contribution is -0.141. The number of pyridine rings is 1. The molecule has 4 nitrogen and oxygen atoms in total. The minimum absolute atomic E-state index is 0.0375. The van der Waals surface area contributed by atoms with Crippen LogP contribution in [0.3, 0.4) is 0 Å². The first kappa shape index (κ1) is 15.6. The van der Waals surface area contributed by atoms with E-state index in [2.05, 4.69) is 5.32 Å². The normalized spacial score (nSPS) is 13.5. The van der Waals surface area contributed by atoms with Gasteiger partial charge in [0.25, 0.3) is 5.56 Å². The van der Waals surface area contributed by atoms with Gasteiger partial charge < -0.3 is 10.1 Å². The first-order valence-corrected chi connectivity index (χ1v) is 5.60. The van der Waals surface area contributed by atoms with Gasteiger partial charge in [-0.15, -0.1) is 0 Å². The van der Waals surface area contributed by atoms with Crippen LogP contribution in [0, 0.1) is 0 Å². The molecule has 0 amide bonds. The summed E-state index contributed by atoms with van der Waals surface area (Å²) in [6, 6.07) is 1.10. The highest BCUT2D eigenvalue weighted by Crippen LogP contribution is 2.27. The van der Waals surface area contributed by atoms with E-state index in [1.54, 1.807) is 4.98 Å². The summed E-state index contributed by atoms with van der Waals surface area (Å²) in [4.78, 5) is 13.3. The average Bonchev–Trinajstić information content (AvgIpc) is 2.33. The second-order valence-electron chi connectivity index (χ2n) is 3.90. The van der Waals surface area contributed by atoms with Gasteiger partial charge in [0.1, 0.15) is 5.69 Å². The van der Waals surface area contributed by atoms with Crippen molar-refractivity contribution >= 4 is 0 Å². The molecule has 1 heterocycles. The lowest BCUT2D eigenvalue weighted by atomic mass is 10.0. The second-order valence-corrected chi connectivity index (χ2v) is 3.90. The topological polar surface area (TPSA) is 65.1 Å². The predicted molar refractivity (Wildman–Crippen MR) is 60.2 cm³/mol. The van der Waals surface area contributed by atoms with Gasteiger partial charge in [-0.25, -0.2) is 0 Å². The zero-order valence-electron chi connectivity index (χ0n) is 9.93. The Kier molecular flexibility index (Phi) is 5.49. The maximum atomic E-state index is 12.4. The zero-order valence-corrected chi connectivity index (χ0v) is 9.93. The van der Waals surface area contributed by atoms with Gasteiger partial charge in [-0.3, -0.25) is 14.5 Å². The van der Waals surface area contributed by atoms with Crippen LogP contribution in [-0.2, 0) is 6.18 Å². The highest BCUT2D eigenvalue weighted by molar-refractivity contribution is 5.19. The van der Waals surface area contributed by atoms with Gasteiger partial charge >= 0.3 is 6.18 Å². The van der Waals surface area contributed by atoms with Gasteiger partial charge in [-0.1, -0.05) is 0 Å². The highest BCUT2D eigenvalue weighted by Gasteiger charge is 2.32. The zero-order chi connectivity index (χ0) is 14.5. The van der Waals surface area contributed by atoms with Crippen molar-refractivity contribution in [2.45, 2.75) is 25.1 Å². The Morgan fingerprint density at radius 2 is 2.05 bits per heavy atom. The third kappa shape index (κ3) is 4.32. The monoisotopic (exact) mass is 282 g/mol. The molecule has 8 heteroatoms. The highest BCUT2D eigenvalue weighted by atomic mass is 19.4. The lowest BCUT2D eigenvalue weighted by Gasteiger charge is -2.17. The summed E-state index contributed by atoms with van der Waals surface area (Å²) in [5.74, 6) is 0. The number of aromatic nitrogens is 1. The number of aliphatic hydroxyl groups is 1. The van der Waals surface area contributed by atoms with Crippen molar-refractivity contribution in [2.24, 2.45) is 0 Å². The standard InChI is InChI=1S/C11H14F4N2O2/c12-5-1-2-8(16-6-18)7-3-4-9(11(13,14)15)17-10(7)19/h3-4,8,16,18H,1-2,5-6H2,(H,17,19)/t8-/m1/s1. The van der Waals surface area contributed by atoms with Crippen LogP contribution in [0.15, 0.2) is 16.9 Å². The molecule has 0 aliphatic carbocycles. The fourth-order valence-electron chi connectivity index (χ4n) is 1.68. The number of H-pyrrole nitrogens is 1. The van der Waals surface area contributed by atoms with E-state index in [9.17, 15) is 22.4 Å². The van der Waals surface area contributed by atoms with E-state index in [0.29, 0.717) is 0 Å². The van der Waals surface area contributed by atoms with Crippen LogP contribution in [0.2, 0.25) is 0 Å². The third-order valence-corrected chi connectivity index (χ3v) is 2.58. The molecule has 0 spiro atoms. The molecule has 0 radical (unpaired) electrons. The molecule has 1 rings (SSSR count). The van der Waals surface area contributed by atoms with E-state index in [1.807, 2.05) is 0 Å². The summed E-state index contributed by atoms with van der Waals surface area (Å²) in [5, 5.41) is 11.3. The average molecular weight is 282 g/mol. The molecule has 3 N–H and O–H groups in total. The van der Waals surface area contributed by atoms with Crippen molar-refractivity contribution in [3.8, 4) is 0 Å². The number of aromatic amines is 1. The fraction of sp³-hybridized carbons (Fsp3) is 0.545. The summed E-state index contributed by atoms with van der Waals surface area (Å²) in [6.45, 7) is -1.07. The molecule has 1 aromatic rings. The molecule has 0 aromatic carbocycles. The molecule has 0 fully saturated rings. The van der Waals surface area contributed by atoms with Gasteiger partial charge in [0, 0.05) is 11.6 Å². The number of halogens is 4. The van der Waals surface area contributed by atoms with Crippen LogP contribution < -0.4 is 10.9 Å². The molecule has 0 saturated heterocycles. The van der Waals surface area contributed by atoms with E-state index in [-0.39, 0.29) is 18.4 Å². The Balaban J connectivity index is 3.01. The van der Waals surface area contributed by atoms with Crippen LogP contribution in [0.1, 0.15) is 30.1 Å². The SMILES string of the molecule is O=c1[nH]c(C(F)(F)F)ccc1[C@@H](CCCF)NCO. The first-order valence-electron chi connectivity index (χ1n) is 5.60. The molecule has 0 unspecified atom stereocenters. The van der Waals surface area contributed by atoms with Crippen LogP contribution in [-0.4, -0.2) is 23.5 Å². The Morgan fingerprint density at radius 1 is 1.37 bits per heavy atom. The first-order chi connectivity index (χ1) is 8.90. The molecule has 0 bridgehead atoms. The minimum Gasteiger partial charge on any atom is -0.381 e. The number of aliphatic hydroxyl groups excluding tert-OH is 1. The van der Waals surface area contributed by atoms with Crippen molar-refractivity contribution in [1.29, 1.82) is 0 Å². The minimum atomic E-state index is -4.63. The van der Waals surface area contributed by atoms with Crippen LogP contribution >= 0.6 is 0 Å². The summed E-state index contributed by atoms with van der Waals surface area (Å²) in [5.41, 5.74) is -2.01. The van der Waals surface area contributed by atoms with Gasteiger partial charge in [0.15, 0.2) is 0 Å². The molecule has 0 aliphatic rings. The van der Waals surface area contributed by atoms with Crippen molar-refractivity contribution in [3.63, 3.8) is 0 Å². The fourth-order valence-corrected chi connectivity index (χ4v) is 1.68. The maximum Gasteiger partial charge on any atom is 0.431 e. The van der Waals surface area contributed by atoms with Gasteiger partial charge in [-0.05, 0) is 25.0 Å². The summed E-state index contributed by atoms with van der Waals surface area (Å²) in [7, 11) is 0. The molecule has 0 aliphatic heterocycles. The number of hydrogen-bond acceptors (Lipinski definition) is 3. The summed E-state index contributed by atoms with van der Waals surface area (Å²) in [6.07, 6.45) is -4.29. The van der Waals surface area contributed by atoms with Crippen LogP contribution in [0.25, 0.3) is 0 Å². The Hall–Kier alpha value is -1.41. The summed E-state index contributed by atoms with van der Waals surface area (Å²) < 4.78 is 49.2. The third-order valence-electron chi connectivity index (χ3n) is 2.58. The quantitative estimate of drug-likeness (QED) is 0.550. The van der Waals surface area contributed by atoms with Crippen molar-refractivity contribution in [2.75, 3.05) is 13.4 Å². The van der Waals surface area contributed by atoms with E-state index >= 15 is 0 Å². The maximum absolute atomic E-state index is 12.4. The van der Waals surface area contributed by atoms with E-state index in [1.165, 1.54) is 0 Å². The molecular weight excluding hydrogens is 268 g/mol. The molecule has 1 aromatic heterocycles. The molecule has 19 heavy (non-hydrogen) atoms. The van der Waals surface area contributed by atoms with Gasteiger partial charge in [0.2, 0.25) is 0 Å². The number of alkyl halides is 4. The Bertz CT molecular complexity index is 459. The molecule has 0 saturated carbocycles. The Morgan fingerprint density at radius 3 is 2.53 bits per heavy atom. The van der Waals surface area contributed by atoms with Crippen LogP contribution in [0.4, 0.5) is 17.6 Å². The number of nitrogens with one attached hydrogen (secondary N) is 2. The Labute approximate surface area is 106 Å². The number of hydrogen-bond donors (Lipinski definition) is 3. The predicted octanol–water partition coefficient (Wildman–Crippen LogP) is 1.72. The largest absolute Gasteiger partial charge is 0.431 e. The van der Waals surface area contributed by atoms with E-state index in [0.717, 1.165) is 12.1 Å². The van der Waals surface area contributed by atoms with Crippen LogP contribution in [0.5, 0.6) is 0 Å². The molecule has 1 atom stereocenters. The number of rotatable bonds is 6. The molecule has 108 valence electrons. The van der Waals surface area contributed by atoms with E-state index in [4.69, 9.17) is 5.11 Å². The van der Waals surface area contributed by atoms with Crippen molar-refractivity contribution < 1.29 is 22.7 Å². The second kappa shape index (κ2) is 6.67. The van der Waals surface area contributed by atoms with Crippen molar-refractivity contribution in [1.82, 2.24) is 10.3 Å². The van der Waals surface area contributed by atoms with Gasteiger partial charge in [-0.2, -0.15) is 13.2 Å². The smallest absolute Gasteiger partial charge is 0.381 e. The van der Waals surface area contributed by atoms with Gasteiger partial charge in [0.05, 0.1) is 13.4 Å². The van der Waals surface area contributed by atoms with Crippen molar-refractivity contribution in [3.05, 3.63) is 33.7 Å². The van der Waals surface area contributed by atoms with E-state index < -0.39 is 36.9 Å². The summed E-state index contributed by atoms with van der Waals surface area (Å²) >= 11 is 0. The molecular formula is C11H14F4N2O2. The lowest BCUT2D eigenvalue weighted by Crippen LogP contribution is -2.29.